The van der Waals surface area contributed by atoms with Gasteiger partial charge in [0.1, 0.15) is 0 Å². The molecule has 1 aliphatic heterocycles. The lowest BCUT2D eigenvalue weighted by molar-refractivity contribution is -0.128. The average molecular weight is 150 g/mol. The highest BCUT2D eigenvalue weighted by molar-refractivity contribution is 5.79. The molecule has 0 bridgehead atoms. The smallest absolute Gasteiger partial charge is 0.255 e. The van der Waals surface area contributed by atoms with E-state index in [1.165, 1.54) is 0 Å². The molecular weight excluding hydrogens is 142 g/mol. The SMILES string of the molecule is O=C1CNCN1CC(F)F. The summed E-state index contributed by atoms with van der Waals surface area (Å²) in [5.74, 6) is -0.250. The van der Waals surface area contributed by atoms with Gasteiger partial charge in [-0.15, -0.1) is 0 Å². The third-order valence-electron chi connectivity index (χ3n) is 1.29. The summed E-state index contributed by atoms with van der Waals surface area (Å²) < 4.78 is 23.3. The van der Waals surface area contributed by atoms with Crippen LogP contribution in [0.15, 0.2) is 0 Å². The summed E-state index contributed by atoms with van der Waals surface area (Å²) in [6.45, 7) is -0.0122. The van der Waals surface area contributed by atoms with Crippen LogP contribution in [0.3, 0.4) is 0 Å². The van der Waals surface area contributed by atoms with Crippen molar-refractivity contribution in [3.8, 4) is 0 Å². The Bertz CT molecular complexity index is 140. The molecule has 0 aromatic carbocycles. The van der Waals surface area contributed by atoms with Crippen molar-refractivity contribution in [1.82, 2.24) is 10.2 Å². The predicted molar refractivity (Wildman–Crippen MR) is 30.6 cm³/mol. The summed E-state index contributed by atoms with van der Waals surface area (Å²) in [6.07, 6.45) is -2.43. The molecule has 58 valence electrons. The van der Waals surface area contributed by atoms with Crippen molar-refractivity contribution in [1.29, 1.82) is 0 Å². The summed E-state index contributed by atoms with van der Waals surface area (Å²) in [7, 11) is 0. The number of halogens is 2. The topological polar surface area (TPSA) is 32.3 Å². The minimum Gasteiger partial charge on any atom is -0.323 e. The first-order valence-corrected chi connectivity index (χ1v) is 2.97. The molecule has 3 nitrogen and oxygen atoms in total. The second kappa shape index (κ2) is 2.92. The molecule has 0 unspecified atom stereocenters. The molecule has 10 heavy (non-hydrogen) atoms. The van der Waals surface area contributed by atoms with E-state index in [9.17, 15) is 13.6 Å². The standard InChI is InChI=1S/C5H8F2N2O/c6-4(7)2-9-3-8-1-5(9)10/h4,8H,1-3H2. The van der Waals surface area contributed by atoms with Crippen LogP contribution in [0.25, 0.3) is 0 Å². The normalized spacial score (nSPS) is 19.1. The van der Waals surface area contributed by atoms with Crippen LogP contribution in [-0.4, -0.2) is 37.0 Å². The summed E-state index contributed by atoms with van der Waals surface area (Å²) in [5.41, 5.74) is 0. The highest BCUT2D eigenvalue weighted by atomic mass is 19.3. The van der Waals surface area contributed by atoms with E-state index in [0.717, 1.165) is 4.90 Å². The number of carbonyl (C=O) groups excluding carboxylic acids is 1. The van der Waals surface area contributed by atoms with Crippen molar-refractivity contribution in [2.75, 3.05) is 19.8 Å². The molecule has 1 heterocycles. The Hall–Kier alpha value is -0.710. The van der Waals surface area contributed by atoms with Gasteiger partial charge in [0, 0.05) is 0 Å². The predicted octanol–water partition coefficient (Wildman–Crippen LogP) is -0.359. The first kappa shape index (κ1) is 7.40. The largest absolute Gasteiger partial charge is 0.323 e. The number of alkyl halides is 2. The van der Waals surface area contributed by atoms with Gasteiger partial charge in [-0.1, -0.05) is 0 Å². The van der Waals surface area contributed by atoms with Gasteiger partial charge in [0.2, 0.25) is 5.91 Å². The average Bonchev–Trinajstić information content (AvgIpc) is 2.15. The van der Waals surface area contributed by atoms with Crippen LogP contribution in [0.2, 0.25) is 0 Å². The third kappa shape index (κ3) is 1.63. The van der Waals surface area contributed by atoms with Crippen LogP contribution in [0.1, 0.15) is 0 Å². The first-order valence-electron chi connectivity index (χ1n) is 2.97. The van der Waals surface area contributed by atoms with Crippen LogP contribution in [0.5, 0.6) is 0 Å². The second-order valence-electron chi connectivity index (χ2n) is 2.09. The van der Waals surface area contributed by atoms with Crippen LogP contribution >= 0.6 is 0 Å². The number of amides is 1. The number of nitrogens with zero attached hydrogens (tertiary/aromatic N) is 1. The zero-order valence-electron chi connectivity index (χ0n) is 5.31. The van der Waals surface area contributed by atoms with E-state index >= 15 is 0 Å². The van der Waals surface area contributed by atoms with E-state index in [1.54, 1.807) is 0 Å². The van der Waals surface area contributed by atoms with E-state index < -0.39 is 13.0 Å². The maximum atomic E-state index is 11.6. The van der Waals surface area contributed by atoms with Crippen LogP contribution < -0.4 is 5.32 Å². The van der Waals surface area contributed by atoms with Crippen LogP contribution in [-0.2, 0) is 4.79 Å². The van der Waals surface area contributed by atoms with Crippen LogP contribution in [0.4, 0.5) is 8.78 Å². The minimum absolute atomic E-state index is 0.187. The van der Waals surface area contributed by atoms with Crippen LogP contribution in [0, 0.1) is 0 Å². The minimum atomic E-state index is -2.43. The molecule has 1 N–H and O–H groups in total. The number of nitrogens with one attached hydrogen (secondary N) is 1. The molecule has 0 spiro atoms. The Balaban J connectivity index is 2.33. The third-order valence-corrected chi connectivity index (χ3v) is 1.29. The molecule has 0 atom stereocenters. The number of hydrogen-bond donors (Lipinski definition) is 1. The Morgan fingerprint density at radius 3 is 2.80 bits per heavy atom. The Labute approximate surface area is 57.0 Å². The van der Waals surface area contributed by atoms with Crippen molar-refractivity contribution in [3.63, 3.8) is 0 Å². The van der Waals surface area contributed by atoms with Gasteiger partial charge in [0.15, 0.2) is 0 Å². The lowest BCUT2D eigenvalue weighted by Crippen LogP contribution is -2.31. The quantitative estimate of drug-likeness (QED) is 0.583. The van der Waals surface area contributed by atoms with Crippen molar-refractivity contribution in [2.24, 2.45) is 0 Å². The summed E-state index contributed by atoms with van der Waals surface area (Å²) >= 11 is 0. The maximum absolute atomic E-state index is 11.6. The summed E-state index contributed by atoms with van der Waals surface area (Å²) in [5, 5.41) is 2.67. The number of hydrogen-bond acceptors (Lipinski definition) is 2. The Morgan fingerprint density at radius 1 is 1.70 bits per heavy atom. The molecule has 0 aromatic heterocycles. The number of carbonyl (C=O) groups is 1. The van der Waals surface area contributed by atoms with Crippen molar-refractivity contribution in [2.45, 2.75) is 6.43 Å². The highest BCUT2D eigenvalue weighted by Gasteiger charge is 2.22. The number of rotatable bonds is 2. The van der Waals surface area contributed by atoms with Gasteiger partial charge in [-0.2, -0.15) is 0 Å². The van der Waals surface area contributed by atoms with E-state index in [-0.39, 0.29) is 19.1 Å². The summed E-state index contributed by atoms with van der Waals surface area (Å²) in [4.78, 5) is 11.7. The van der Waals surface area contributed by atoms with E-state index in [1.807, 2.05) is 0 Å². The molecule has 1 fully saturated rings. The van der Waals surface area contributed by atoms with Gasteiger partial charge in [-0.05, 0) is 0 Å². The fourth-order valence-corrected chi connectivity index (χ4v) is 0.831. The molecule has 1 saturated heterocycles. The lowest BCUT2D eigenvalue weighted by Gasteiger charge is -2.12. The van der Waals surface area contributed by atoms with Crippen molar-refractivity contribution in [3.05, 3.63) is 0 Å². The molecular formula is C5H8F2N2O. The fraction of sp³-hybridized carbons (Fsp3) is 0.800. The van der Waals surface area contributed by atoms with E-state index in [4.69, 9.17) is 0 Å². The molecule has 1 rings (SSSR count). The first-order chi connectivity index (χ1) is 4.70. The maximum Gasteiger partial charge on any atom is 0.255 e. The lowest BCUT2D eigenvalue weighted by atomic mass is 10.5. The molecule has 0 aliphatic carbocycles. The van der Waals surface area contributed by atoms with Gasteiger partial charge < -0.3 is 4.90 Å². The molecule has 1 amide bonds. The van der Waals surface area contributed by atoms with Crippen molar-refractivity contribution < 1.29 is 13.6 Å². The van der Waals surface area contributed by atoms with Crippen molar-refractivity contribution >= 4 is 5.91 Å². The van der Waals surface area contributed by atoms with Gasteiger partial charge in [-0.3, -0.25) is 10.1 Å². The summed E-state index contributed by atoms with van der Waals surface area (Å²) in [6, 6.07) is 0. The van der Waals surface area contributed by atoms with Gasteiger partial charge in [0.05, 0.1) is 19.8 Å². The zero-order chi connectivity index (χ0) is 7.56. The molecule has 0 radical (unpaired) electrons. The van der Waals surface area contributed by atoms with Gasteiger partial charge in [-0.25, -0.2) is 8.78 Å². The van der Waals surface area contributed by atoms with E-state index in [0.29, 0.717) is 0 Å². The van der Waals surface area contributed by atoms with Gasteiger partial charge in [0.25, 0.3) is 6.43 Å². The zero-order valence-corrected chi connectivity index (χ0v) is 5.31. The fourth-order valence-electron chi connectivity index (χ4n) is 0.831. The highest BCUT2D eigenvalue weighted by Crippen LogP contribution is 2.00. The molecule has 1 aliphatic rings. The van der Waals surface area contributed by atoms with Gasteiger partial charge >= 0.3 is 0 Å². The van der Waals surface area contributed by atoms with E-state index in [2.05, 4.69) is 5.32 Å². The monoisotopic (exact) mass is 150 g/mol. The molecule has 0 aromatic rings. The molecule has 0 saturated carbocycles. The Morgan fingerprint density at radius 2 is 2.40 bits per heavy atom. The Kier molecular flexibility index (Phi) is 2.16. The second-order valence-corrected chi connectivity index (χ2v) is 2.09. The molecule has 5 heteroatoms.